The van der Waals surface area contributed by atoms with Gasteiger partial charge in [0.2, 0.25) is 11.8 Å². The highest BCUT2D eigenvalue weighted by atomic mass is 32.1. The van der Waals surface area contributed by atoms with Gasteiger partial charge in [0.15, 0.2) is 6.10 Å². The number of carboxylic acids is 1. The molecule has 0 bridgehead atoms. The molecule has 302 valence electrons. The molecule has 2 aromatic rings. The summed E-state index contributed by atoms with van der Waals surface area (Å²) in [4.78, 5) is 74.9. The Balaban J connectivity index is 2.34. The number of thiazole rings is 1. The van der Waals surface area contributed by atoms with Crippen LogP contribution in [0.5, 0.6) is 0 Å². The van der Waals surface area contributed by atoms with Gasteiger partial charge in [0.05, 0.1) is 5.92 Å². The molecule has 5 N–H and O–H groups in total. The highest BCUT2D eigenvalue weighted by Gasteiger charge is 2.36. The van der Waals surface area contributed by atoms with E-state index in [1.807, 2.05) is 53.9 Å². The van der Waals surface area contributed by atoms with Gasteiger partial charge in [0.25, 0.3) is 5.91 Å². The number of hydrogen-bond donors (Lipinski definition) is 4. The zero-order chi connectivity index (χ0) is 40.7. The molecule has 1 heterocycles. The van der Waals surface area contributed by atoms with E-state index in [1.165, 1.54) is 4.90 Å². The standard InChI is InChI=1S/C39H63N7O7S/c1-11-25(4)34(43-33(47)14-12-13-19-44(6)7)37(49)46(10)31(24(2)3)22-32(53-39(52)45(8)9)36-42-30(23-54-36)35(48)41-29(20-26(5)38(50)51)21-27-15-17-28(40)18-16-27/h15-18,23-26,29,31-32,34H,11-14,19-22,40H2,1-10H3,(H,41,48)(H,43,47)(H,50,51)/t25-,26-,29+,31?,32+,34-/m0/s1. The number of aromatic nitrogens is 1. The molecule has 1 aromatic heterocycles. The van der Waals surface area contributed by atoms with Crippen molar-refractivity contribution in [2.75, 3.05) is 47.5 Å². The first kappa shape index (κ1) is 45.9. The molecule has 15 heteroatoms. The van der Waals surface area contributed by atoms with Gasteiger partial charge < -0.3 is 40.9 Å². The molecule has 6 atom stereocenters. The molecule has 0 radical (unpaired) electrons. The van der Waals surface area contributed by atoms with Crippen molar-refractivity contribution in [2.45, 2.75) is 104 Å². The first-order valence-corrected chi connectivity index (χ1v) is 19.6. The van der Waals surface area contributed by atoms with Gasteiger partial charge >= 0.3 is 12.1 Å². The molecule has 2 rings (SSSR count). The maximum absolute atomic E-state index is 14.1. The van der Waals surface area contributed by atoms with Crippen molar-refractivity contribution in [3.63, 3.8) is 0 Å². The van der Waals surface area contributed by atoms with Gasteiger partial charge in [-0.2, -0.15) is 0 Å². The lowest BCUT2D eigenvalue weighted by Gasteiger charge is -2.37. The number of aliphatic carboxylic acids is 1. The van der Waals surface area contributed by atoms with Crippen molar-refractivity contribution >= 4 is 46.8 Å². The second kappa shape index (κ2) is 22.2. The number of nitrogens with zero attached hydrogens (tertiary/aromatic N) is 4. The Bertz CT molecular complexity index is 1510. The van der Waals surface area contributed by atoms with Crippen molar-refractivity contribution in [1.29, 1.82) is 0 Å². The lowest BCUT2D eigenvalue weighted by molar-refractivity contribution is -0.141. The van der Waals surface area contributed by atoms with Gasteiger partial charge in [0.1, 0.15) is 16.7 Å². The molecule has 1 aromatic carbocycles. The average molecular weight is 774 g/mol. The number of hydrogen-bond acceptors (Lipinski definition) is 10. The third-order valence-electron chi connectivity index (χ3n) is 9.62. The quantitative estimate of drug-likeness (QED) is 0.0932. The van der Waals surface area contributed by atoms with E-state index >= 15 is 0 Å². The molecule has 0 saturated carbocycles. The van der Waals surface area contributed by atoms with Crippen LogP contribution in [-0.2, 0) is 25.5 Å². The highest BCUT2D eigenvalue weighted by molar-refractivity contribution is 7.09. The van der Waals surface area contributed by atoms with E-state index in [0.29, 0.717) is 36.4 Å². The summed E-state index contributed by atoms with van der Waals surface area (Å²) in [5.74, 6) is -2.76. The van der Waals surface area contributed by atoms with Crippen LogP contribution in [0.15, 0.2) is 29.6 Å². The Morgan fingerprint density at radius 2 is 1.59 bits per heavy atom. The van der Waals surface area contributed by atoms with Crippen LogP contribution in [0.2, 0.25) is 0 Å². The average Bonchev–Trinajstić information content (AvgIpc) is 3.61. The first-order valence-electron chi connectivity index (χ1n) is 18.8. The number of rotatable bonds is 22. The number of carbonyl (C=O) groups excluding carboxylic acids is 4. The first-order chi connectivity index (χ1) is 25.3. The number of likely N-dealkylation sites (N-methyl/N-ethyl adjacent to an activating group) is 1. The van der Waals surface area contributed by atoms with Crippen LogP contribution in [0, 0.1) is 17.8 Å². The minimum Gasteiger partial charge on any atom is -0.481 e. The Kier molecular flexibility index (Phi) is 18.9. The molecular formula is C39H63N7O7S. The second-order valence-electron chi connectivity index (χ2n) is 15.1. The predicted octanol–water partition coefficient (Wildman–Crippen LogP) is 5.05. The summed E-state index contributed by atoms with van der Waals surface area (Å²) in [7, 11) is 8.81. The van der Waals surface area contributed by atoms with Crippen LogP contribution in [0.3, 0.4) is 0 Å². The molecule has 0 aliphatic carbocycles. The van der Waals surface area contributed by atoms with Crippen LogP contribution in [0.4, 0.5) is 10.5 Å². The minimum atomic E-state index is -0.968. The number of nitrogen functional groups attached to an aromatic ring is 1. The number of carboxylic acid groups (broad SMARTS) is 1. The highest BCUT2D eigenvalue weighted by Crippen LogP contribution is 2.31. The number of amides is 4. The topological polar surface area (TPSA) is 188 Å². The van der Waals surface area contributed by atoms with Crippen LogP contribution in [0.25, 0.3) is 0 Å². The number of carbonyl (C=O) groups is 5. The fourth-order valence-electron chi connectivity index (χ4n) is 6.01. The summed E-state index contributed by atoms with van der Waals surface area (Å²) in [6.45, 7) is 10.3. The van der Waals surface area contributed by atoms with E-state index in [0.717, 1.165) is 29.9 Å². The van der Waals surface area contributed by atoms with E-state index in [9.17, 15) is 29.1 Å². The molecule has 54 heavy (non-hydrogen) atoms. The maximum Gasteiger partial charge on any atom is 0.409 e. The molecule has 0 spiro atoms. The molecule has 0 aliphatic rings. The third-order valence-corrected chi connectivity index (χ3v) is 10.6. The van der Waals surface area contributed by atoms with Gasteiger partial charge in [-0.25, -0.2) is 9.78 Å². The third kappa shape index (κ3) is 14.9. The summed E-state index contributed by atoms with van der Waals surface area (Å²) in [6.07, 6.45) is 1.85. The summed E-state index contributed by atoms with van der Waals surface area (Å²) in [5, 5.41) is 17.5. The van der Waals surface area contributed by atoms with Crippen LogP contribution in [-0.4, -0.2) is 114 Å². The van der Waals surface area contributed by atoms with Crippen LogP contribution in [0.1, 0.15) is 100 Å². The van der Waals surface area contributed by atoms with E-state index in [-0.39, 0.29) is 42.2 Å². The molecule has 4 amide bonds. The largest absolute Gasteiger partial charge is 0.481 e. The zero-order valence-corrected chi connectivity index (χ0v) is 34.6. The minimum absolute atomic E-state index is 0.0770. The van der Waals surface area contributed by atoms with Crippen molar-refractivity contribution in [1.82, 2.24) is 30.3 Å². The summed E-state index contributed by atoms with van der Waals surface area (Å²) in [5.41, 5.74) is 7.41. The SMILES string of the molecule is CC[C@H](C)[C@H](NC(=O)CCCCN(C)C)C(=O)N(C)C(C[C@@H](OC(=O)N(C)C)c1nc(C(=O)N[C@@H](Cc2ccc(N)cc2)C[C@H](C)C(=O)O)cs1)C(C)C. The molecule has 14 nitrogen and oxygen atoms in total. The fourth-order valence-corrected chi connectivity index (χ4v) is 6.85. The van der Waals surface area contributed by atoms with Gasteiger partial charge in [-0.15, -0.1) is 11.3 Å². The Labute approximate surface area is 325 Å². The number of anilines is 1. The van der Waals surface area contributed by atoms with Gasteiger partial charge in [0, 0.05) is 57.1 Å². The molecule has 1 unspecified atom stereocenters. The lowest BCUT2D eigenvalue weighted by atomic mass is 9.93. The van der Waals surface area contributed by atoms with Gasteiger partial charge in [-0.05, 0) is 75.9 Å². The lowest BCUT2D eigenvalue weighted by Crippen LogP contribution is -2.54. The van der Waals surface area contributed by atoms with Crippen molar-refractivity contribution in [3.05, 3.63) is 45.9 Å². The summed E-state index contributed by atoms with van der Waals surface area (Å²) in [6, 6.07) is 5.51. The Morgan fingerprint density at radius 3 is 2.15 bits per heavy atom. The van der Waals surface area contributed by atoms with E-state index in [1.54, 1.807) is 50.5 Å². The number of ether oxygens (including phenoxy) is 1. The normalized spacial score (nSPS) is 14.7. The van der Waals surface area contributed by atoms with Crippen LogP contribution < -0.4 is 16.4 Å². The Hall–Kier alpha value is -4.24. The summed E-state index contributed by atoms with van der Waals surface area (Å²) < 4.78 is 5.93. The van der Waals surface area contributed by atoms with E-state index in [2.05, 4.69) is 20.5 Å². The zero-order valence-electron chi connectivity index (χ0n) is 33.8. The maximum atomic E-state index is 14.1. The smallest absolute Gasteiger partial charge is 0.409 e. The van der Waals surface area contributed by atoms with E-state index < -0.39 is 48.1 Å². The van der Waals surface area contributed by atoms with Crippen LogP contribution >= 0.6 is 11.3 Å². The molecular weight excluding hydrogens is 711 g/mol. The summed E-state index contributed by atoms with van der Waals surface area (Å²) >= 11 is 1.16. The monoisotopic (exact) mass is 773 g/mol. The fraction of sp³-hybridized carbons (Fsp3) is 0.641. The molecule has 0 aliphatic heterocycles. The van der Waals surface area contributed by atoms with Gasteiger partial charge in [-0.3, -0.25) is 19.2 Å². The Morgan fingerprint density at radius 1 is 0.944 bits per heavy atom. The van der Waals surface area contributed by atoms with E-state index in [4.69, 9.17) is 10.5 Å². The van der Waals surface area contributed by atoms with Gasteiger partial charge in [-0.1, -0.05) is 53.2 Å². The number of nitrogens with one attached hydrogen (secondary N) is 2. The number of nitrogens with two attached hydrogens (primary N) is 1. The predicted molar refractivity (Wildman–Crippen MR) is 212 cm³/mol. The second-order valence-corrected chi connectivity index (χ2v) is 16.0. The number of benzene rings is 1. The molecule has 0 saturated heterocycles. The van der Waals surface area contributed by atoms with Crippen molar-refractivity contribution in [2.24, 2.45) is 17.8 Å². The molecule has 0 fully saturated rings. The van der Waals surface area contributed by atoms with Crippen molar-refractivity contribution in [3.8, 4) is 0 Å². The number of unbranched alkanes of at least 4 members (excludes halogenated alkanes) is 1. The van der Waals surface area contributed by atoms with Crippen molar-refractivity contribution < 1.29 is 33.8 Å².